The van der Waals surface area contributed by atoms with Crippen LogP contribution in [0.15, 0.2) is 41.2 Å². The molecule has 1 atom stereocenters. The molecule has 8 heteroatoms. The number of nitrogens with zero attached hydrogens (tertiary/aromatic N) is 3. The summed E-state index contributed by atoms with van der Waals surface area (Å²) >= 11 is 0. The monoisotopic (exact) mass is 423 g/mol. The fraction of sp³-hybridized carbons (Fsp3) is 0.391. The Morgan fingerprint density at radius 2 is 1.90 bits per heavy atom. The van der Waals surface area contributed by atoms with Crippen molar-refractivity contribution in [2.24, 2.45) is 0 Å². The van der Waals surface area contributed by atoms with Crippen LogP contribution in [0, 0.1) is 0 Å². The second-order valence-corrected chi connectivity index (χ2v) is 8.46. The molecule has 1 saturated heterocycles. The first-order valence-electron chi connectivity index (χ1n) is 10.6. The number of piperazine rings is 1. The first kappa shape index (κ1) is 21.1. The van der Waals surface area contributed by atoms with Crippen LogP contribution in [0.25, 0.3) is 17.1 Å². The summed E-state index contributed by atoms with van der Waals surface area (Å²) in [5, 5.41) is 30.6. The van der Waals surface area contributed by atoms with E-state index in [1.54, 1.807) is 6.07 Å². The lowest BCUT2D eigenvalue weighted by Crippen LogP contribution is -2.49. The molecule has 1 aliphatic heterocycles. The van der Waals surface area contributed by atoms with E-state index in [2.05, 4.69) is 27.3 Å². The molecule has 1 fully saturated rings. The molecular weight excluding hydrogens is 394 g/mol. The van der Waals surface area contributed by atoms with Crippen molar-refractivity contribution in [2.45, 2.75) is 39.3 Å². The first-order chi connectivity index (χ1) is 14.8. The fourth-order valence-electron chi connectivity index (χ4n) is 4.06. The second kappa shape index (κ2) is 8.56. The standard InChI is InChI=1S/C23H29N5O3/c1-14(2)18-10-19(21(30)11-20(18)29)22-25-26-23(31)28(22)17-6-4-16(5-7-17)13-27-9-8-24-12-15(27)3/h4-7,10-11,14-15,24,29-30H,8-9,12-13H2,1-3H3,(H,26,31)/t15-/m1/s1. The van der Waals surface area contributed by atoms with Gasteiger partial charge in [-0.15, -0.1) is 0 Å². The maximum absolute atomic E-state index is 12.6. The van der Waals surface area contributed by atoms with Gasteiger partial charge in [-0.3, -0.25) is 4.90 Å². The largest absolute Gasteiger partial charge is 0.508 e. The molecule has 1 aromatic heterocycles. The summed E-state index contributed by atoms with van der Waals surface area (Å²) in [7, 11) is 0. The van der Waals surface area contributed by atoms with Crippen molar-refractivity contribution >= 4 is 0 Å². The van der Waals surface area contributed by atoms with Crippen molar-refractivity contribution in [3.8, 4) is 28.6 Å². The molecule has 164 valence electrons. The molecular formula is C23H29N5O3. The Labute approximate surface area is 181 Å². The fourth-order valence-corrected chi connectivity index (χ4v) is 4.06. The summed E-state index contributed by atoms with van der Waals surface area (Å²) in [5.41, 5.74) is 2.50. The van der Waals surface area contributed by atoms with E-state index >= 15 is 0 Å². The van der Waals surface area contributed by atoms with Gasteiger partial charge in [-0.1, -0.05) is 26.0 Å². The van der Waals surface area contributed by atoms with Crippen LogP contribution in [0.3, 0.4) is 0 Å². The Morgan fingerprint density at radius 1 is 1.16 bits per heavy atom. The summed E-state index contributed by atoms with van der Waals surface area (Å²) < 4.78 is 1.44. The van der Waals surface area contributed by atoms with Gasteiger partial charge < -0.3 is 15.5 Å². The van der Waals surface area contributed by atoms with Gasteiger partial charge in [-0.25, -0.2) is 14.5 Å². The van der Waals surface area contributed by atoms with Crippen LogP contribution in [-0.2, 0) is 6.54 Å². The molecule has 2 aromatic carbocycles. The third kappa shape index (κ3) is 4.22. The van der Waals surface area contributed by atoms with Crippen LogP contribution in [0.1, 0.15) is 37.8 Å². The van der Waals surface area contributed by atoms with Gasteiger partial charge >= 0.3 is 5.69 Å². The Balaban J connectivity index is 1.67. The van der Waals surface area contributed by atoms with Crippen LogP contribution < -0.4 is 11.0 Å². The van der Waals surface area contributed by atoms with E-state index in [4.69, 9.17) is 0 Å². The van der Waals surface area contributed by atoms with Crippen molar-refractivity contribution in [3.05, 3.63) is 58.0 Å². The smallest absolute Gasteiger partial charge is 0.348 e. The quantitative estimate of drug-likeness (QED) is 0.503. The van der Waals surface area contributed by atoms with E-state index < -0.39 is 5.69 Å². The summed E-state index contributed by atoms with van der Waals surface area (Å²) in [6, 6.07) is 11.3. The van der Waals surface area contributed by atoms with Crippen molar-refractivity contribution in [1.29, 1.82) is 0 Å². The second-order valence-electron chi connectivity index (χ2n) is 8.46. The van der Waals surface area contributed by atoms with Crippen LogP contribution in [0.2, 0.25) is 0 Å². The summed E-state index contributed by atoms with van der Waals surface area (Å²) in [4.78, 5) is 15.0. The maximum atomic E-state index is 12.6. The van der Waals surface area contributed by atoms with E-state index in [9.17, 15) is 15.0 Å². The molecule has 31 heavy (non-hydrogen) atoms. The van der Waals surface area contributed by atoms with Gasteiger partial charge in [-0.2, -0.15) is 5.10 Å². The van der Waals surface area contributed by atoms with Gasteiger partial charge in [0.05, 0.1) is 11.3 Å². The summed E-state index contributed by atoms with van der Waals surface area (Å²) in [6.45, 7) is 9.95. The van der Waals surface area contributed by atoms with E-state index in [-0.39, 0.29) is 17.4 Å². The van der Waals surface area contributed by atoms with Gasteiger partial charge in [0.2, 0.25) is 0 Å². The minimum atomic E-state index is -0.392. The van der Waals surface area contributed by atoms with E-state index in [0.717, 1.165) is 26.2 Å². The average Bonchev–Trinajstić information content (AvgIpc) is 3.11. The highest BCUT2D eigenvalue weighted by Crippen LogP contribution is 2.37. The van der Waals surface area contributed by atoms with Crippen LogP contribution in [-0.4, -0.2) is 55.6 Å². The lowest BCUT2D eigenvalue weighted by Gasteiger charge is -2.33. The number of aromatic nitrogens is 3. The van der Waals surface area contributed by atoms with E-state index in [1.165, 1.54) is 16.2 Å². The van der Waals surface area contributed by atoms with Crippen LogP contribution in [0.4, 0.5) is 0 Å². The highest BCUT2D eigenvalue weighted by atomic mass is 16.3. The van der Waals surface area contributed by atoms with Crippen LogP contribution >= 0.6 is 0 Å². The van der Waals surface area contributed by atoms with Gasteiger partial charge in [0.15, 0.2) is 5.82 Å². The van der Waals surface area contributed by atoms with Crippen LogP contribution in [0.5, 0.6) is 11.5 Å². The molecule has 0 amide bonds. The van der Waals surface area contributed by atoms with Crippen molar-refractivity contribution < 1.29 is 10.2 Å². The molecule has 3 aromatic rings. The highest BCUT2D eigenvalue weighted by molar-refractivity contribution is 5.69. The topological polar surface area (TPSA) is 106 Å². The molecule has 0 bridgehead atoms. The minimum Gasteiger partial charge on any atom is -0.508 e. The third-order valence-electron chi connectivity index (χ3n) is 5.90. The third-order valence-corrected chi connectivity index (χ3v) is 5.90. The maximum Gasteiger partial charge on any atom is 0.348 e. The molecule has 8 nitrogen and oxygen atoms in total. The first-order valence-corrected chi connectivity index (χ1v) is 10.6. The Morgan fingerprint density at radius 3 is 2.58 bits per heavy atom. The molecule has 0 aliphatic carbocycles. The molecule has 0 spiro atoms. The van der Waals surface area contributed by atoms with Crippen molar-refractivity contribution in [1.82, 2.24) is 25.0 Å². The molecule has 0 radical (unpaired) electrons. The Hall–Kier alpha value is -3.10. The number of rotatable bonds is 5. The van der Waals surface area contributed by atoms with E-state index in [1.807, 2.05) is 38.1 Å². The normalized spacial score (nSPS) is 17.4. The number of hydrogen-bond acceptors (Lipinski definition) is 6. The zero-order valence-corrected chi connectivity index (χ0v) is 18.1. The predicted octanol–water partition coefficient (Wildman–Crippen LogP) is 2.56. The Bertz CT molecular complexity index is 1120. The number of nitrogens with one attached hydrogen (secondary N) is 2. The number of phenols is 2. The molecule has 4 rings (SSSR count). The van der Waals surface area contributed by atoms with Gasteiger partial charge in [0.25, 0.3) is 0 Å². The Kier molecular flexibility index (Phi) is 5.84. The number of aromatic amines is 1. The summed E-state index contributed by atoms with van der Waals surface area (Å²) in [6.07, 6.45) is 0. The summed E-state index contributed by atoms with van der Waals surface area (Å²) in [5.74, 6) is 0.233. The number of aromatic hydroxyl groups is 2. The molecule has 2 heterocycles. The highest BCUT2D eigenvalue weighted by Gasteiger charge is 2.20. The lowest BCUT2D eigenvalue weighted by molar-refractivity contribution is 0.165. The number of phenolic OH excluding ortho intramolecular Hbond substituents is 2. The SMILES string of the molecule is CC(C)c1cc(-c2n[nH]c(=O)n2-c2ccc(CN3CCNC[C@H]3C)cc2)c(O)cc1O. The zero-order valence-electron chi connectivity index (χ0n) is 18.1. The number of H-pyrrole nitrogens is 1. The number of hydrogen-bond donors (Lipinski definition) is 4. The number of benzene rings is 2. The molecule has 1 aliphatic rings. The van der Waals surface area contributed by atoms with Crippen molar-refractivity contribution in [3.63, 3.8) is 0 Å². The molecule has 0 saturated carbocycles. The molecule has 0 unspecified atom stereocenters. The van der Waals surface area contributed by atoms with E-state index in [0.29, 0.717) is 28.7 Å². The predicted molar refractivity (Wildman–Crippen MR) is 120 cm³/mol. The van der Waals surface area contributed by atoms with Crippen molar-refractivity contribution in [2.75, 3.05) is 19.6 Å². The average molecular weight is 424 g/mol. The van der Waals surface area contributed by atoms with Gasteiger partial charge in [0, 0.05) is 38.3 Å². The minimum absolute atomic E-state index is 0.0205. The van der Waals surface area contributed by atoms with Gasteiger partial charge in [0.1, 0.15) is 11.5 Å². The lowest BCUT2D eigenvalue weighted by atomic mass is 9.98. The molecule has 4 N–H and O–H groups in total. The van der Waals surface area contributed by atoms with Gasteiger partial charge in [-0.05, 0) is 42.2 Å². The zero-order chi connectivity index (χ0) is 22.1.